The Hall–Kier alpha value is -0.430. The number of hydrogen-bond donors (Lipinski definition) is 0. The van der Waals surface area contributed by atoms with Gasteiger partial charge >= 0.3 is 0 Å². The van der Waals surface area contributed by atoms with E-state index in [0.717, 1.165) is 11.3 Å². The normalized spacial score (nSPS) is 12.5. The van der Waals surface area contributed by atoms with Crippen LogP contribution in [0.2, 0.25) is 0 Å². The molecule has 56 valence electrons. The van der Waals surface area contributed by atoms with Crippen molar-refractivity contribution < 1.29 is 0 Å². The molecule has 0 fully saturated rings. The smallest absolute Gasteiger partial charge is 0.00320 e. The summed E-state index contributed by atoms with van der Waals surface area (Å²) in [5, 5.41) is 0. The molecular weight excluding hydrogens is 140 g/mol. The van der Waals surface area contributed by atoms with Crippen molar-refractivity contribution in [2.75, 3.05) is 0 Å². The maximum atomic E-state index is 4.98. The monoisotopic (exact) mass is 154 g/mol. The van der Waals surface area contributed by atoms with E-state index in [9.17, 15) is 0 Å². The van der Waals surface area contributed by atoms with Gasteiger partial charge in [0.1, 0.15) is 0 Å². The van der Waals surface area contributed by atoms with E-state index in [-0.39, 0.29) is 0 Å². The Bertz CT molecular complexity index is 164. The van der Waals surface area contributed by atoms with Crippen LogP contribution in [0.1, 0.15) is 27.2 Å². The van der Waals surface area contributed by atoms with Gasteiger partial charge in [-0.2, -0.15) is 0 Å². The highest BCUT2D eigenvalue weighted by Crippen LogP contribution is 2.04. The van der Waals surface area contributed by atoms with Gasteiger partial charge in [-0.25, -0.2) is 0 Å². The molecule has 0 aromatic rings. The van der Waals surface area contributed by atoms with Crippen LogP contribution in [-0.4, -0.2) is 4.86 Å². The molecule has 0 aliphatic heterocycles. The maximum Gasteiger partial charge on any atom is 0.00320 e. The molecule has 0 N–H and O–H groups in total. The first-order valence-corrected chi connectivity index (χ1v) is 3.88. The van der Waals surface area contributed by atoms with E-state index in [4.69, 9.17) is 12.2 Å². The van der Waals surface area contributed by atoms with Crippen molar-refractivity contribution in [3.63, 3.8) is 0 Å². The molecule has 0 aromatic carbocycles. The topological polar surface area (TPSA) is 0 Å². The van der Waals surface area contributed by atoms with E-state index >= 15 is 0 Å². The van der Waals surface area contributed by atoms with Crippen LogP contribution in [0, 0.1) is 0 Å². The lowest BCUT2D eigenvalue weighted by Gasteiger charge is -1.96. The van der Waals surface area contributed by atoms with Gasteiger partial charge in [-0.3, -0.25) is 0 Å². The van der Waals surface area contributed by atoms with Gasteiger partial charge in [0.25, 0.3) is 0 Å². The van der Waals surface area contributed by atoms with Gasteiger partial charge in [0.05, 0.1) is 0 Å². The second-order valence-corrected chi connectivity index (χ2v) is 2.94. The summed E-state index contributed by atoms with van der Waals surface area (Å²) in [7, 11) is 0. The molecule has 0 atom stereocenters. The van der Waals surface area contributed by atoms with Crippen LogP contribution in [0.5, 0.6) is 0 Å². The Balaban J connectivity index is 3.98. The average Bonchev–Trinajstić information content (AvgIpc) is 1.86. The van der Waals surface area contributed by atoms with Gasteiger partial charge in [0.2, 0.25) is 0 Å². The molecule has 0 saturated heterocycles. The summed E-state index contributed by atoms with van der Waals surface area (Å²) in [4.78, 5) is 1.05. The highest BCUT2D eigenvalue weighted by molar-refractivity contribution is 7.80. The molecule has 10 heavy (non-hydrogen) atoms. The van der Waals surface area contributed by atoms with E-state index < -0.39 is 0 Å². The lowest BCUT2D eigenvalue weighted by atomic mass is 10.1. The molecule has 0 nitrogen and oxygen atoms in total. The lowest BCUT2D eigenvalue weighted by molar-refractivity contribution is 1.34. The van der Waals surface area contributed by atoms with Gasteiger partial charge in [-0.1, -0.05) is 30.4 Å². The van der Waals surface area contributed by atoms with Gasteiger partial charge < -0.3 is 0 Å². The van der Waals surface area contributed by atoms with Gasteiger partial charge in [-0.15, -0.1) is 0 Å². The summed E-state index contributed by atoms with van der Waals surface area (Å²) in [5.41, 5.74) is 1.30. The first-order chi connectivity index (χ1) is 4.70. The first kappa shape index (κ1) is 9.57. The molecule has 0 aromatic heterocycles. The quantitative estimate of drug-likeness (QED) is 0.444. The number of allylic oxidation sites excluding steroid dienone is 4. The van der Waals surface area contributed by atoms with Gasteiger partial charge in [0.15, 0.2) is 0 Å². The standard InChI is InChI=1S/C9H14S/c1-4-6-9(5-2)7-8(3)10/h4-6H,7H2,1-3H3/b6-4-,9-5+. The van der Waals surface area contributed by atoms with Crippen molar-refractivity contribution in [2.45, 2.75) is 27.2 Å². The third kappa shape index (κ3) is 4.45. The van der Waals surface area contributed by atoms with Crippen molar-refractivity contribution in [3.05, 3.63) is 23.8 Å². The maximum absolute atomic E-state index is 4.98. The minimum atomic E-state index is 0.927. The summed E-state index contributed by atoms with van der Waals surface area (Å²) in [6, 6.07) is 0. The van der Waals surface area contributed by atoms with E-state index in [0.29, 0.717) is 0 Å². The number of thiocarbonyl (C=S) groups is 1. The van der Waals surface area contributed by atoms with E-state index in [2.05, 4.69) is 12.2 Å². The fourth-order valence-corrected chi connectivity index (χ4v) is 0.925. The molecule has 0 unspecified atom stereocenters. The van der Waals surface area contributed by atoms with E-state index in [1.165, 1.54) is 5.57 Å². The number of rotatable bonds is 3. The third-order valence-corrected chi connectivity index (χ3v) is 1.35. The minimum Gasteiger partial charge on any atom is -0.0896 e. The Morgan fingerprint density at radius 3 is 2.30 bits per heavy atom. The molecule has 0 bridgehead atoms. The van der Waals surface area contributed by atoms with Gasteiger partial charge in [-0.05, 0) is 31.2 Å². The zero-order valence-electron chi connectivity index (χ0n) is 6.85. The second kappa shape index (κ2) is 5.36. The molecular formula is C9H14S. The highest BCUT2D eigenvalue weighted by atomic mass is 32.1. The van der Waals surface area contributed by atoms with Crippen LogP contribution in [0.25, 0.3) is 0 Å². The Morgan fingerprint density at radius 1 is 1.40 bits per heavy atom. The Kier molecular flexibility index (Phi) is 5.13. The molecule has 0 radical (unpaired) electrons. The fraction of sp³-hybridized carbons (Fsp3) is 0.444. The van der Waals surface area contributed by atoms with Gasteiger partial charge in [0, 0.05) is 6.42 Å². The summed E-state index contributed by atoms with van der Waals surface area (Å²) in [5.74, 6) is 0. The van der Waals surface area contributed by atoms with Crippen molar-refractivity contribution in [1.82, 2.24) is 0 Å². The summed E-state index contributed by atoms with van der Waals surface area (Å²) in [6.45, 7) is 6.03. The minimum absolute atomic E-state index is 0.927. The predicted molar refractivity (Wildman–Crippen MR) is 51.5 cm³/mol. The molecule has 0 heterocycles. The van der Waals surface area contributed by atoms with Crippen LogP contribution < -0.4 is 0 Å². The summed E-state index contributed by atoms with van der Waals surface area (Å²) < 4.78 is 0. The largest absolute Gasteiger partial charge is 0.0896 e. The molecule has 0 spiro atoms. The fourth-order valence-electron chi connectivity index (χ4n) is 0.759. The SMILES string of the molecule is C/C=C\C(=C/C)CC(C)=S. The zero-order chi connectivity index (χ0) is 7.98. The van der Waals surface area contributed by atoms with Crippen molar-refractivity contribution in [3.8, 4) is 0 Å². The zero-order valence-corrected chi connectivity index (χ0v) is 7.66. The average molecular weight is 154 g/mol. The lowest BCUT2D eigenvalue weighted by Crippen LogP contribution is -1.87. The Labute approximate surface area is 68.6 Å². The van der Waals surface area contributed by atoms with E-state index in [1.807, 2.05) is 26.8 Å². The summed E-state index contributed by atoms with van der Waals surface area (Å²) >= 11 is 4.98. The highest BCUT2D eigenvalue weighted by Gasteiger charge is 1.90. The molecule has 0 aliphatic carbocycles. The van der Waals surface area contributed by atoms with Crippen LogP contribution in [0.15, 0.2) is 23.8 Å². The molecule has 0 saturated carbocycles. The first-order valence-electron chi connectivity index (χ1n) is 3.48. The predicted octanol–water partition coefficient (Wildman–Crippen LogP) is 3.29. The van der Waals surface area contributed by atoms with Crippen LogP contribution in [0.4, 0.5) is 0 Å². The van der Waals surface area contributed by atoms with Crippen LogP contribution in [-0.2, 0) is 0 Å². The summed E-state index contributed by atoms with van der Waals surface area (Å²) in [6.07, 6.45) is 7.15. The van der Waals surface area contributed by atoms with Crippen molar-refractivity contribution >= 4 is 17.1 Å². The second-order valence-electron chi connectivity index (χ2n) is 2.24. The number of hydrogen-bond acceptors (Lipinski definition) is 1. The molecule has 0 rings (SSSR count). The Morgan fingerprint density at radius 2 is 2.00 bits per heavy atom. The van der Waals surface area contributed by atoms with Crippen molar-refractivity contribution in [2.24, 2.45) is 0 Å². The third-order valence-electron chi connectivity index (χ3n) is 1.20. The van der Waals surface area contributed by atoms with E-state index in [1.54, 1.807) is 0 Å². The molecule has 0 aliphatic rings. The van der Waals surface area contributed by atoms with Crippen molar-refractivity contribution in [1.29, 1.82) is 0 Å². The molecule has 1 heteroatoms. The van der Waals surface area contributed by atoms with Crippen LogP contribution >= 0.6 is 12.2 Å². The molecule has 0 amide bonds. The van der Waals surface area contributed by atoms with Crippen LogP contribution in [0.3, 0.4) is 0 Å².